The lowest BCUT2D eigenvalue weighted by Crippen LogP contribution is -2.52. The van der Waals surface area contributed by atoms with Crippen molar-refractivity contribution >= 4 is 50.7 Å². The highest BCUT2D eigenvalue weighted by molar-refractivity contribution is 7.92. The van der Waals surface area contributed by atoms with E-state index in [9.17, 15) is 18.0 Å². The Kier molecular flexibility index (Phi) is 12.5. The molecule has 2 amide bonds. The van der Waals surface area contributed by atoms with Gasteiger partial charge in [0.1, 0.15) is 6.04 Å². The number of carbonyl (C=O) groups is 2. The third-order valence-corrected chi connectivity index (χ3v) is 9.52. The molecule has 0 radical (unpaired) electrons. The van der Waals surface area contributed by atoms with Crippen molar-refractivity contribution < 1.29 is 18.0 Å². The molecule has 0 fully saturated rings. The molecule has 0 bridgehead atoms. The fourth-order valence-corrected chi connectivity index (χ4v) is 6.15. The number of rotatable bonds is 14. The lowest BCUT2D eigenvalue weighted by atomic mass is 10.0. The summed E-state index contributed by atoms with van der Waals surface area (Å²) in [5, 5.41) is 3.80. The van der Waals surface area contributed by atoms with Crippen molar-refractivity contribution in [2.75, 3.05) is 17.1 Å². The van der Waals surface area contributed by atoms with Crippen molar-refractivity contribution in [1.29, 1.82) is 0 Å². The number of carbonyl (C=O) groups excluding carboxylic acids is 2. The average molecular weight is 647 g/mol. The van der Waals surface area contributed by atoms with Crippen molar-refractivity contribution in [1.82, 2.24) is 10.2 Å². The molecule has 232 valence electrons. The molecule has 3 aromatic rings. The number of halogens is 2. The van der Waals surface area contributed by atoms with Crippen LogP contribution in [0.5, 0.6) is 0 Å². The lowest BCUT2D eigenvalue weighted by Gasteiger charge is -2.33. The number of benzene rings is 3. The molecule has 3 aromatic carbocycles. The summed E-state index contributed by atoms with van der Waals surface area (Å²) in [4.78, 5) is 29.3. The molecule has 0 aliphatic carbocycles. The summed E-state index contributed by atoms with van der Waals surface area (Å²) in [6.45, 7) is 7.98. The van der Waals surface area contributed by atoms with Crippen LogP contribution in [-0.4, -0.2) is 50.0 Å². The number of nitrogens with one attached hydrogen (secondary N) is 1. The maximum absolute atomic E-state index is 14.0. The van der Waals surface area contributed by atoms with Crippen molar-refractivity contribution in [3.05, 3.63) is 99.0 Å². The molecule has 0 aliphatic heterocycles. The normalized spacial score (nSPS) is 12.8. The highest BCUT2D eigenvalue weighted by Crippen LogP contribution is 2.27. The highest BCUT2D eigenvalue weighted by Gasteiger charge is 2.31. The van der Waals surface area contributed by atoms with Gasteiger partial charge in [0, 0.05) is 32.0 Å². The first-order valence-corrected chi connectivity index (χ1v) is 17.0. The predicted octanol–water partition coefficient (Wildman–Crippen LogP) is 6.71. The van der Waals surface area contributed by atoms with Crippen LogP contribution in [0.1, 0.15) is 55.4 Å². The molecule has 0 spiro atoms. The summed E-state index contributed by atoms with van der Waals surface area (Å²) in [5.41, 5.74) is 4.08. The van der Waals surface area contributed by atoms with Crippen molar-refractivity contribution in [2.45, 2.75) is 72.0 Å². The zero-order valence-electron chi connectivity index (χ0n) is 25.4. The molecular formula is C33H41Cl2N3O4S. The van der Waals surface area contributed by atoms with E-state index in [-0.39, 0.29) is 43.8 Å². The standard InChI is InChI=1S/C33H41Cl2N3O4S/c1-6-24(3)36-33(40)31(21-26-13-8-7-9-14-26)37(22-27-17-18-28(34)29(35)20-27)32(39)16-11-19-38(43(5,41)42)30-15-10-12-23(2)25(30)4/h7-10,12-15,17-18,20,24,31H,6,11,16,19,21-22H2,1-5H3,(H,36,40). The number of anilines is 1. The van der Waals surface area contributed by atoms with Crippen LogP contribution < -0.4 is 9.62 Å². The van der Waals surface area contributed by atoms with Crippen molar-refractivity contribution in [2.24, 2.45) is 0 Å². The molecule has 2 atom stereocenters. The first-order valence-electron chi connectivity index (χ1n) is 14.4. The zero-order valence-corrected chi connectivity index (χ0v) is 27.8. The van der Waals surface area contributed by atoms with Crippen LogP contribution in [0.2, 0.25) is 10.0 Å². The number of sulfonamides is 1. The Hall–Kier alpha value is -3.07. The number of aryl methyl sites for hydroxylation is 1. The Bertz CT molecular complexity index is 1520. The summed E-state index contributed by atoms with van der Waals surface area (Å²) in [7, 11) is -3.60. The van der Waals surface area contributed by atoms with Gasteiger partial charge in [0.05, 0.1) is 22.0 Å². The van der Waals surface area contributed by atoms with Crippen LogP contribution in [0.15, 0.2) is 66.7 Å². The van der Waals surface area contributed by atoms with Crippen LogP contribution in [0.25, 0.3) is 0 Å². The van der Waals surface area contributed by atoms with E-state index in [1.54, 1.807) is 29.2 Å². The maximum atomic E-state index is 14.0. The average Bonchev–Trinajstić information content (AvgIpc) is 2.96. The van der Waals surface area contributed by atoms with Gasteiger partial charge in [-0.1, -0.05) is 78.7 Å². The second-order valence-electron chi connectivity index (χ2n) is 11.0. The van der Waals surface area contributed by atoms with E-state index in [0.29, 0.717) is 22.2 Å². The number of nitrogens with zero attached hydrogens (tertiary/aromatic N) is 2. The fraction of sp³-hybridized carbons (Fsp3) is 0.394. The number of hydrogen-bond donors (Lipinski definition) is 1. The molecule has 0 heterocycles. The molecule has 0 aliphatic rings. The number of hydrogen-bond acceptors (Lipinski definition) is 4. The monoisotopic (exact) mass is 645 g/mol. The van der Waals surface area contributed by atoms with E-state index in [2.05, 4.69) is 5.32 Å². The van der Waals surface area contributed by atoms with Gasteiger partial charge < -0.3 is 10.2 Å². The van der Waals surface area contributed by atoms with Gasteiger partial charge in [0.2, 0.25) is 21.8 Å². The summed E-state index contributed by atoms with van der Waals surface area (Å²) >= 11 is 12.5. The molecule has 3 rings (SSSR count). The highest BCUT2D eigenvalue weighted by atomic mass is 35.5. The molecule has 0 aromatic heterocycles. The van der Waals surface area contributed by atoms with Gasteiger partial charge in [-0.3, -0.25) is 13.9 Å². The number of amides is 2. The summed E-state index contributed by atoms with van der Waals surface area (Å²) in [6.07, 6.45) is 2.53. The van der Waals surface area contributed by atoms with Gasteiger partial charge in [-0.25, -0.2) is 8.42 Å². The first-order chi connectivity index (χ1) is 20.3. The fourth-order valence-electron chi connectivity index (χ4n) is 4.82. The van der Waals surface area contributed by atoms with E-state index in [1.165, 1.54) is 10.6 Å². The predicted molar refractivity (Wildman–Crippen MR) is 176 cm³/mol. The SMILES string of the molecule is CCC(C)NC(=O)C(Cc1ccccc1)N(Cc1ccc(Cl)c(Cl)c1)C(=O)CCCN(c1cccc(C)c1C)S(C)(=O)=O. The quantitative estimate of drug-likeness (QED) is 0.211. The minimum Gasteiger partial charge on any atom is -0.352 e. The zero-order chi connectivity index (χ0) is 31.7. The Balaban J connectivity index is 1.93. The van der Waals surface area contributed by atoms with Crippen LogP contribution in [0, 0.1) is 13.8 Å². The van der Waals surface area contributed by atoms with E-state index < -0.39 is 16.1 Å². The van der Waals surface area contributed by atoms with Gasteiger partial charge >= 0.3 is 0 Å². The minimum atomic E-state index is -3.60. The van der Waals surface area contributed by atoms with E-state index in [0.717, 1.165) is 28.7 Å². The van der Waals surface area contributed by atoms with Gasteiger partial charge in [0.15, 0.2) is 0 Å². The van der Waals surface area contributed by atoms with Gasteiger partial charge in [-0.15, -0.1) is 0 Å². The second kappa shape index (κ2) is 15.6. The molecule has 1 N–H and O–H groups in total. The topological polar surface area (TPSA) is 86.8 Å². The Morgan fingerprint density at radius 3 is 2.26 bits per heavy atom. The van der Waals surface area contributed by atoms with E-state index in [1.807, 2.05) is 70.2 Å². The Labute approximate surface area is 266 Å². The smallest absolute Gasteiger partial charge is 0.243 e. The van der Waals surface area contributed by atoms with Crippen LogP contribution in [0.4, 0.5) is 5.69 Å². The van der Waals surface area contributed by atoms with Crippen molar-refractivity contribution in [3.63, 3.8) is 0 Å². The maximum Gasteiger partial charge on any atom is 0.243 e. The Morgan fingerprint density at radius 1 is 0.930 bits per heavy atom. The molecule has 43 heavy (non-hydrogen) atoms. The lowest BCUT2D eigenvalue weighted by molar-refractivity contribution is -0.141. The molecule has 2 unspecified atom stereocenters. The van der Waals surface area contributed by atoms with E-state index >= 15 is 0 Å². The molecule has 10 heteroatoms. The first kappa shape index (κ1) is 34.4. The van der Waals surface area contributed by atoms with Crippen LogP contribution >= 0.6 is 23.2 Å². The van der Waals surface area contributed by atoms with Gasteiger partial charge in [-0.05, 0) is 74.1 Å². The largest absolute Gasteiger partial charge is 0.352 e. The van der Waals surface area contributed by atoms with Gasteiger partial charge in [0.25, 0.3) is 0 Å². The third-order valence-electron chi connectivity index (χ3n) is 7.61. The van der Waals surface area contributed by atoms with Crippen LogP contribution in [0.3, 0.4) is 0 Å². The third kappa shape index (κ3) is 9.71. The minimum absolute atomic E-state index is 0.0418. The summed E-state index contributed by atoms with van der Waals surface area (Å²) in [5.74, 6) is -0.513. The molecule has 0 saturated carbocycles. The van der Waals surface area contributed by atoms with Crippen molar-refractivity contribution in [3.8, 4) is 0 Å². The van der Waals surface area contributed by atoms with E-state index in [4.69, 9.17) is 23.2 Å². The Morgan fingerprint density at radius 2 is 1.63 bits per heavy atom. The second-order valence-corrected chi connectivity index (χ2v) is 13.7. The summed E-state index contributed by atoms with van der Waals surface area (Å²) < 4.78 is 26.9. The molecule has 0 saturated heterocycles. The van der Waals surface area contributed by atoms with Crippen LogP contribution in [-0.2, 0) is 32.6 Å². The molecule has 7 nitrogen and oxygen atoms in total. The molecular weight excluding hydrogens is 605 g/mol. The summed E-state index contributed by atoms with van der Waals surface area (Å²) in [6, 6.07) is 19.4. The van der Waals surface area contributed by atoms with Gasteiger partial charge in [-0.2, -0.15) is 0 Å².